The number of halogens is 1. The summed E-state index contributed by atoms with van der Waals surface area (Å²) in [7, 11) is 0. The standard InChI is InChI=1S/C63H66BrNO10/c1-45-65-63(59(72-45)34-33-54-55(75-63)32-31-53(68-40-48-21-11-4-12-22-48)58(73-54)44-67-39-47-19-9-3-10-20-47)37-57-61(70-43-51-27-29-52(64)30-28-51)62(71-42-50-25-15-6-16-26-50)60(69-41-49-23-13-5-14-24-49)56(74-57)35-36-66-38-46-17-7-2-8-18-46/h2-34,53-62H,35-44H2,1H3/t53-,54-,55+,56-,57+,58+,59+,60-,61+,62+,63-/m0/s1. The van der Waals surface area contributed by atoms with Crippen molar-refractivity contribution in [3.05, 3.63) is 238 Å². The summed E-state index contributed by atoms with van der Waals surface area (Å²) in [6, 6.07) is 59.0. The summed E-state index contributed by atoms with van der Waals surface area (Å²) >= 11 is 3.61. The minimum atomic E-state index is -1.27. The fourth-order valence-electron chi connectivity index (χ4n) is 10.1. The molecule has 390 valence electrons. The van der Waals surface area contributed by atoms with Crippen LogP contribution < -0.4 is 0 Å². The molecule has 4 aliphatic rings. The van der Waals surface area contributed by atoms with Crippen LogP contribution in [0, 0.1) is 0 Å². The Morgan fingerprint density at radius 3 is 1.52 bits per heavy atom. The first kappa shape index (κ1) is 52.8. The second-order valence-corrected chi connectivity index (χ2v) is 20.4. The Labute approximate surface area is 449 Å². The zero-order chi connectivity index (χ0) is 51.1. The third-order valence-electron chi connectivity index (χ3n) is 13.9. The van der Waals surface area contributed by atoms with Crippen LogP contribution in [0.4, 0.5) is 0 Å². The summed E-state index contributed by atoms with van der Waals surface area (Å²) in [4.78, 5) is 5.26. The zero-order valence-corrected chi connectivity index (χ0v) is 43.9. The summed E-state index contributed by atoms with van der Waals surface area (Å²) in [5, 5.41) is 0. The minimum absolute atomic E-state index is 0.247. The van der Waals surface area contributed by atoms with Gasteiger partial charge in [0.1, 0.15) is 42.7 Å². The van der Waals surface area contributed by atoms with Crippen LogP contribution >= 0.6 is 15.9 Å². The molecule has 4 heterocycles. The van der Waals surface area contributed by atoms with Gasteiger partial charge in [0.25, 0.3) is 0 Å². The molecule has 12 heteroatoms. The summed E-state index contributed by atoms with van der Waals surface area (Å²) in [6.07, 6.45) is 3.31. The molecule has 0 bridgehead atoms. The van der Waals surface area contributed by atoms with E-state index in [1.54, 1.807) is 0 Å². The van der Waals surface area contributed by atoms with E-state index in [9.17, 15) is 0 Å². The molecule has 11 atom stereocenters. The highest BCUT2D eigenvalue weighted by Crippen LogP contribution is 2.43. The molecule has 10 rings (SSSR count). The van der Waals surface area contributed by atoms with Crippen molar-refractivity contribution in [3.8, 4) is 0 Å². The van der Waals surface area contributed by atoms with Gasteiger partial charge in [0.2, 0.25) is 5.72 Å². The van der Waals surface area contributed by atoms with E-state index in [-0.39, 0.29) is 13.0 Å². The average molecular weight is 1080 g/mol. The van der Waals surface area contributed by atoms with Crippen molar-refractivity contribution < 1.29 is 47.4 Å². The minimum Gasteiger partial charge on any atom is -0.469 e. The number of ether oxygens (including phenoxy) is 10. The largest absolute Gasteiger partial charge is 0.469 e. The van der Waals surface area contributed by atoms with Crippen LogP contribution in [-0.4, -0.2) is 85.9 Å². The van der Waals surface area contributed by atoms with Crippen molar-refractivity contribution in [2.75, 3.05) is 13.2 Å². The summed E-state index contributed by atoms with van der Waals surface area (Å²) < 4.78 is 70.1. The van der Waals surface area contributed by atoms with Crippen LogP contribution in [-0.2, 0) is 87.0 Å². The quantitative estimate of drug-likeness (QED) is 0.0455. The smallest absolute Gasteiger partial charge is 0.206 e. The molecule has 4 aliphatic heterocycles. The van der Waals surface area contributed by atoms with Crippen LogP contribution in [0.2, 0.25) is 0 Å². The second kappa shape index (κ2) is 26.4. The van der Waals surface area contributed by atoms with Gasteiger partial charge in [0.05, 0.1) is 58.5 Å². The van der Waals surface area contributed by atoms with Gasteiger partial charge in [-0.2, -0.15) is 0 Å². The van der Waals surface area contributed by atoms with E-state index in [1.807, 2.05) is 134 Å². The van der Waals surface area contributed by atoms with Crippen molar-refractivity contribution in [2.24, 2.45) is 4.99 Å². The van der Waals surface area contributed by atoms with Gasteiger partial charge in [-0.05, 0) is 58.0 Å². The molecule has 0 saturated carbocycles. The topological polar surface area (TPSA) is 105 Å². The van der Waals surface area contributed by atoms with E-state index < -0.39 is 66.8 Å². The van der Waals surface area contributed by atoms with Gasteiger partial charge in [-0.1, -0.05) is 198 Å². The Morgan fingerprint density at radius 2 is 0.947 bits per heavy atom. The summed E-state index contributed by atoms with van der Waals surface area (Å²) in [6.45, 7) is 4.81. The van der Waals surface area contributed by atoms with Crippen LogP contribution in [0.15, 0.2) is 210 Å². The van der Waals surface area contributed by atoms with Gasteiger partial charge >= 0.3 is 0 Å². The molecule has 0 aliphatic carbocycles. The van der Waals surface area contributed by atoms with Crippen molar-refractivity contribution >= 4 is 21.8 Å². The van der Waals surface area contributed by atoms with Crippen molar-refractivity contribution in [2.45, 2.75) is 126 Å². The molecule has 11 nitrogen and oxygen atoms in total. The highest BCUT2D eigenvalue weighted by atomic mass is 79.9. The van der Waals surface area contributed by atoms with Gasteiger partial charge < -0.3 is 47.4 Å². The van der Waals surface area contributed by atoms with E-state index >= 15 is 0 Å². The molecule has 6 aromatic rings. The zero-order valence-electron chi connectivity index (χ0n) is 42.3. The van der Waals surface area contributed by atoms with Crippen LogP contribution in [0.25, 0.3) is 0 Å². The molecule has 6 aromatic carbocycles. The lowest BCUT2D eigenvalue weighted by Gasteiger charge is -2.48. The van der Waals surface area contributed by atoms with E-state index in [2.05, 4.69) is 88.7 Å². The number of hydrogen-bond acceptors (Lipinski definition) is 11. The van der Waals surface area contributed by atoms with E-state index in [0.29, 0.717) is 58.6 Å². The van der Waals surface area contributed by atoms with Crippen LogP contribution in [0.5, 0.6) is 0 Å². The maximum absolute atomic E-state index is 7.44. The molecule has 1 saturated heterocycles. The highest BCUT2D eigenvalue weighted by Gasteiger charge is 2.56. The summed E-state index contributed by atoms with van der Waals surface area (Å²) in [5.41, 5.74) is 5.02. The first-order valence-corrected chi connectivity index (χ1v) is 26.9. The lowest BCUT2D eigenvalue weighted by atomic mass is 9.87. The molecule has 0 aromatic heterocycles. The predicted molar refractivity (Wildman–Crippen MR) is 290 cm³/mol. The third kappa shape index (κ3) is 14.5. The maximum atomic E-state index is 7.44. The van der Waals surface area contributed by atoms with Crippen molar-refractivity contribution in [3.63, 3.8) is 0 Å². The number of rotatable bonds is 23. The van der Waals surface area contributed by atoms with E-state index in [4.69, 9.17) is 52.4 Å². The number of benzene rings is 6. The van der Waals surface area contributed by atoms with E-state index in [1.165, 1.54) is 0 Å². The van der Waals surface area contributed by atoms with Gasteiger partial charge in [0.15, 0.2) is 12.0 Å². The maximum Gasteiger partial charge on any atom is 0.206 e. The highest BCUT2D eigenvalue weighted by molar-refractivity contribution is 9.10. The lowest BCUT2D eigenvalue weighted by molar-refractivity contribution is -0.278. The SMILES string of the molecule is CC1=N[C@@]2(C[C@H]3O[C@@H](CCOCc4ccccc4)[C@H](OCc4ccccc4)[C@@H](OCc4ccccc4)[C@@H]3OCc3ccc(Br)cc3)O[C@@H]3C=C[C@H](OCc4ccccc4)[C@@H](COCc4ccccc4)O[C@H]3C=C[C@H]2O1. The average Bonchev–Trinajstić information content (AvgIpc) is 3.57. The van der Waals surface area contributed by atoms with Crippen molar-refractivity contribution in [1.29, 1.82) is 0 Å². The molecule has 0 radical (unpaired) electrons. The normalized spacial score (nSPS) is 27.1. The van der Waals surface area contributed by atoms with Gasteiger partial charge in [-0.15, -0.1) is 0 Å². The van der Waals surface area contributed by atoms with Gasteiger partial charge in [-0.25, -0.2) is 4.99 Å². The van der Waals surface area contributed by atoms with Crippen LogP contribution in [0.1, 0.15) is 53.1 Å². The predicted octanol–water partition coefficient (Wildman–Crippen LogP) is 11.9. The van der Waals surface area contributed by atoms with Crippen molar-refractivity contribution in [1.82, 2.24) is 0 Å². The molecular weight excluding hydrogens is 1010 g/mol. The molecule has 0 amide bonds. The van der Waals surface area contributed by atoms with Gasteiger partial charge in [0, 0.05) is 24.4 Å². The molecule has 0 unspecified atom stereocenters. The van der Waals surface area contributed by atoms with Crippen LogP contribution in [0.3, 0.4) is 0 Å². The Bertz CT molecular complexity index is 2730. The Morgan fingerprint density at radius 1 is 0.467 bits per heavy atom. The first-order chi connectivity index (χ1) is 36.9. The third-order valence-corrected chi connectivity index (χ3v) is 14.4. The fourth-order valence-corrected chi connectivity index (χ4v) is 10.4. The summed E-state index contributed by atoms with van der Waals surface area (Å²) in [5.74, 6) is 0.507. The number of nitrogens with zero attached hydrogens (tertiary/aromatic N) is 1. The lowest BCUT2D eigenvalue weighted by Crippen LogP contribution is -2.62. The Hall–Kier alpha value is -5.61. The van der Waals surface area contributed by atoms with E-state index in [0.717, 1.165) is 37.9 Å². The Balaban J connectivity index is 0.971. The number of hydrogen-bond donors (Lipinski definition) is 0. The molecular formula is C63H66BrNO10. The van der Waals surface area contributed by atoms with Gasteiger partial charge in [-0.3, -0.25) is 0 Å². The molecule has 0 spiro atoms. The first-order valence-electron chi connectivity index (χ1n) is 26.1. The molecule has 1 fully saturated rings. The number of aliphatic imine (C=N–C) groups is 1. The molecule has 0 N–H and O–H groups in total. The Kier molecular flexibility index (Phi) is 18.6. The monoisotopic (exact) mass is 1080 g/mol. The second-order valence-electron chi connectivity index (χ2n) is 19.4. The number of fused-ring (bicyclic) bond motifs is 2. The molecule has 75 heavy (non-hydrogen) atoms. The fraction of sp³-hybridized carbons (Fsp3) is 0.349.